The van der Waals surface area contributed by atoms with Gasteiger partial charge in [-0.25, -0.2) is 0 Å². The summed E-state index contributed by atoms with van der Waals surface area (Å²) < 4.78 is 0. The van der Waals surface area contributed by atoms with Crippen molar-refractivity contribution < 1.29 is 5.11 Å². The van der Waals surface area contributed by atoms with E-state index in [-0.39, 0.29) is 11.3 Å². The first-order chi connectivity index (χ1) is 14.6. The molecule has 30 heavy (non-hydrogen) atoms. The van der Waals surface area contributed by atoms with Crippen LogP contribution in [0.1, 0.15) is 25.7 Å². The van der Waals surface area contributed by atoms with Crippen molar-refractivity contribution in [3.8, 4) is 28.1 Å². The van der Waals surface area contributed by atoms with Crippen LogP contribution in [0.25, 0.3) is 22.4 Å². The standard InChI is InChI=1S/C23H25N5O2/c1-28(18-12-16-3-4-17(13-18)25-16)22-7-6-20(26-27-22)19-5-2-14(10-21(19)29)15-8-9-24-23(30)11-15/h2,5-11,16-18,25,29H,3-4,12-13H2,1H3,(H,24,30)/t16-,17+,18?. The number of nitrogens with zero attached hydrogens (tertiary/aromatic N) is 3. The maximum absolute atomic E-state index is 11.5. The molecule has 1 unspecified atom stereocenters. The van der Waals surface area contributed by atoms with E-state index >= 15 is 0 Å². The van der Waals surface area contributed by atoms with Crippen LogP contribution < -0.4 is 15.8 Å². The fraction of sp³-hybridized carbons (Fsp3) is 0.348. The van der Waals surface area contributed by atoms with Crippen LogP contribution in [0.3, 0.4) is 0 Å². The molecule has 3 aromatic rings. The summed E-state index contributed by atoms with van der Waals surface area (Å²) in [6.07, 6.45) is 6.41. The minimum atomic E-state index is -0.177. The largest absolute Gasteiger partial charge is 0.507 e. The second-order valence-electron chi connectivity index (χ2n) is 8.32. The quantitative estimate of drug-likeness (QED) is 0.620. The number of fused-ring (bicyclic) bond motifs is 2. The van der Waals surface area contributed by atoms with Crippen molar-refractivity contribution in [2.45, 2.75) is 43.8 Å². The number of hydrogen-bond acceptors (Lipinski definition) is 6. The predicted molar refractivity (Wildman–Crippen MR) is 117 cm³/mol. The molecule has 2 saturated heterocycles. The molecule has 5 rings (SSSR count). The third kappa shape index (κ3) is 3.57. The van der Waals surface area contributed by atoms with Crippen LogP contribution >= 0.6 is 0 Å². The van der Waals surface area contributed by atoms with Crippen LogP contribution in [0.4, 0.5) is 5.82 Å². The molecule has 7 nitrogen and oxygen atoms in total. The molecule has 3 N–H and O–H groups in total. The first-order valence-electron chi connectivity index (χ1n) is 10.4. The molecule has 1 aromatic carbocycles. The summed E-state index contributed by atoms with van der Waals surface area (Å²) in [4.78, 5) is 16.4. The number of aromatic amines is 1. The second kappa shape index (κ2) is 7.57. The van der Waals surface area contributed by atoms with Crippen LogP contribution in [0.15, 0.2) is 53.5 Å². The molecule has 7 heteroatoms. The molecule has 4 heterocycles. The van der Waals surface area contributed by atoms with Crippen molar-refractivity contribution in [3.63, 3.8) is 0 Å². The van der Waals surface area contributed by atoms with Crippen molar-refractivity contribution in [1.29, 1.82) is 0 Å². The van der Waals surface area contributed by atoms with Crippen LogP contribution in [0, 0.1) is 0 Å². The lowest BCUT2D eigenvalue weighted by Gasteiger charge is -2.36. The minimum absolute atomic E-state index is 0.109. The molecule has 2 bridgehead atoms. The summed E-state index contributed by atoms with van der Waals surface area (Å²) in [5, 5.41) is 23.0. The Morgan fingerprint density at radius 3 is 2.43 bits per heavy atom. The lowest BCUT2D eigenvalue weighted by Crippen LogP contribution is -2.47. The van der Waals surface area contributed by atoms with Crippen LogP contribution in [-0.4, -0.2) is 45.5 Å². The highest BCUT2D eigenvalue weighted by Gasteiger charge is 2.35. The Hall–Kier alpha value is -3.19. The lowest BCUT2D eigenvalue weighted by molar-refractivity contribution is 0.353. The third-order valence-corrected chi connectivity index (χ3v) is 6.39. The van der Waals surface area contributed by atoms with E-state index in [0.717, 1.165) is 29.8 Å². The molecular formula is C23H25N5O2. The molecule has 2 fully saturated rings. The summed E-state index contributed by atoms with van der Waals surface area (Å²) in [7, 11) is 2.09. The Labute approximate surface area is 174 Å². The highest BCUT2D eigenvalue weighted by Crippen LogP contribution is 2.33. The average Bonchev–Trinajstić information content (AvgIpc) is 3.10. The van der Waals surface area contributed by atoms with Gasteiger partial charge in [0.2, 0.25) is 5.56 Å². The first-order valence-corrected chi connectivity index (χ1v) is 10.4. The molecule has 0 amide bonds. The van der Waals surface area contributed by atoms with E-state index in [0.29, 0.717) is 29.4 Å². The first kappa shape index (κ1) is 18.8. The number of aromatic nitrogens is 3. The minimum Gasteiger partial charge on any atom is -0.507 e. The van der Waals surface area contributed by atoms with Gasteiger partial charge >= 0.3 is 0 Å². The summed E-state index contributed by atoms with van der Waals surface area (Å²) >= 11 is 0. The number of benzene rings is 1. The Morgan fingerprint density at radius 1 is 1.00 bits per heavy atom. The van der Waals surface area contributed by atoms with Gasteiger partial charge in [-0.15, -0.1) is 10.2 Å². The normalized spacial score (nSPS) is 22.8. The molecule has 0 aliphatic carbocycles. The number of piperidine rings is 1. The van der Waals surface area contributed by atoms with Gasteiger partial charge in [-0.1, -0.05) is 6.07 Å². The van der Waals surface area contributed by atoms with E-state index in [4.69, 9.17) is 0 Å². The Kier molecular flexibility index (Phi) is 4.75. The number of hydrogen-bond donors (Lipinski definition) is 3. The van der Waals surface area contributed by atoms with Gasteiger partial charge in [-0.3, -0.25) is 4.79 Å². The third-order valence-electron chi connectivity index (χ3n) is 6.39. The Balaban J connectivity index is 1.35. The SMILES string of the molecule is CN(c1ccc(-c2ccc(-c3cc[nH]c(=O)c3)cc2O)nn1)C1C[C@H]2CC[C@@H](C1)N2. The van der Waals surface area contributed by atoms with Crippen LogP contribution in [-0.2, 0) is 0 Å². The van der Waals surface area contributed by atoms with Gasteiger partial charge in [0.1, 0.15) is 5.75 Å². The molecule has 0 radical (unpaired) electrons. The van der Waals surface area contributed by atoms with Crippen molar-refractivity contribution in [1.82, 2.24) is 20.5 Å². The van der Waals surface area contributed by atoms with Gasteiger partial charge in [0, 0.05) is 43.0 Å². The van der Waals surface area contributed by atoms with Gasteiger partial charge in [0.15, 0.2) is 5.82 Å². The number of aromatic hydroxyl groups is 1. The molecular weight excluding hydrogens is 378 g/mol. The number of rotatable bonds is 4. The summed E-state index contributed by atoms with van der Waals surface area (Å²) in [6, 6.07) is 14.2. The van der Waals surface area contributed by atoms with Gasteiger partial charge in [-0.05, 0) is 67.1 Å². The van der Waals surface area contributed by atoms with E-state index in [9.17, 15) is 9.90 Å². The van der Waals surface area contributed by atoms with E-state index in [1.54, 1.807) is 18.3 Å². The maximum atomic E-state index is 11.5. The average molecular weight is 403 g/mol. The maximum Gasteiger partial charge on any atom is 0.248 e. The highest BCUT2D eigenvalue weighted by molar-refractivity contribution is 5.74. The molecule has 2 aliphatic heterocycles. The Morgan fingerprint density at radius 2 is 1.77 bits per heavy atom. The number of anilines is 1. The zero-order valence-electron chi connectivity index (χ0n) is 16.9. The van der Waals surface area contributed by atoms with Crippen molar-refractivity contribution in [2.75, 3.05) is 11.9 Å². The second-order valence-corrected chi connectivity index (χ2v) is 8.32. The zero-order valence-corrected chi connectivity index (χ0v) is 16.9. The van der Waals surface area contributed by atoms with E-state index in [1.165, 1.54) is 18.9 Å². The topological polar surface area (TPSA) is 94.1 Å². The molecule has 2 aliphatic rings. The van der Waals surface area contributed by atoms with Crippen molar-refractivity contribution in [2.24, 2.45) is 0 Å². The molecule has 154 valence electrons. The van der Waals surface area contributed by atoms with E-state index in [1.807, 2.05) is 24.3 Å². The zero-order chi connectivity index (χ0) is 20.7. The molecule has 0 spiro atoms. The molecule has 2 aromatic heterocycles. The van der Waals surface area contributed by atoms with Gasteiger partial charge in [0.25, 0.3) is 0 Å². The predicted octanol–water partition coefficient (Wildman–Crippen LogP) is 2.92. The molecule has 3 atom stereocenters. The summed E-state index contributed by atoms with van der Waals surface area (Å²) in [6.45, 7) is 0. The number of pyridine rings is 1. The van der Waals surface area contributed by atoms with Gasteiger partial charge in [0.05, 0.1) is 5.69 Å². The summed E-state index contributed by atoms with van der Waals surface area (Å²) in [5.74, 6) is 0.961. The van der Waals surface area contributed by atoms with Crippen LogP contribution in [0.5, 0.6) is 5.75 Å². The number of H-pyrrole nitrogens is 1. The fourth-order valence-corrected chi connectivity index (χ4v) is 4.74. The number of phenolic OH excluding ortho intramolecular Hbond substituents is 1. The van der Waals surface area contributed by atoms with E-state index < -0.39 is 0 Å². The molecule has 0 saturated carbocycles. The van der Waals surface area contributed by atoms with Crippen molar-refractivity contribution >= 4 is 5.82 Å². The van der Waals surface area contributed by atoms with Crippen molar-refractivity contribution in [3.05, 3.63) is 59.0 Å². The number of nitrogens with one attached hydrogen (secondary N) is 2. The van der Waals surface area contributed by atoms with E-state index in [2.05, 4.69) is 32.4 Å². The fourth-order valence-electron chi connectivity index (χ4n) is 4.74. The smallest absolute Gasteiger partial charge is 0.248 e. The van der Waals surface area contributed by atoms with Crippen LogP contribution in [0.2, 0.25) is 0 Å². The lowest BCUT2D eigenvalue weighted by atomic mass is 9.98. The highest BCUT2D eigenvalue weighted by atomic mass is 16.3. The Bertz CT molecular complexity index is 1100. The monoisotopic (exact) mass is 403 g/mol. The van der Waals surface area contributed by atoms with Gasteiger partial charge in [-0.2, -0.15) is 0 Å². The van der Waals surface area contributed by atoms with Gasteiger partial charge < -0.3 is 20.3 Å². The number of phenols is 1. The summed E-state index contributed by atoms with van der Waals surface area (Å²) in [5.41, 5.74) is 2.58.